The Hall–Kier alpha value is -7.04. The van der Waals surface area contributed by atoms with Gasteiger partial charge in [-0.25, -0.2) is 9.59 Å². The molecule has 14 nitrogen and oxygen atoms in total. The number of nitrogens with two attached hydrogens (primary N) is 1. The molecule has 0 saturated heterocycles. The Morgan fingerprint density at radius 3 is 1.15 bits per heavy atom. The van der Waals surface area contributed by atoms with Gasteiger partial charge < -0.3 is 53.3 Å². The van der Waals surface area contributed by atoms with Gasteiger partial charge in [-0.15, -0.1) is 0 Å². The minimum absolute atomic E-state index is 0.104. The average Bonchev–Trinajstić information content (AvgIpc) is 4.18. The number of esters is 2. The summed E-state index contributed by atoms with van der Waals surface area (Å²) in [5.74, 6) is 2.76. The number of rotatable bonds is 10. The van der Waals surface area contributed by atoms with Crippen molar-refractivity contribution in [3.05, 3.63) is 182 Å². The van der Waals surface area contributed by atoms with Crippen LogP contribution in [0.2, 0.25) is 58.9 Å². The van der Waals surface area contributed by atoms with E-state index in [1.165, 1.54) is 48.8 Å². The monoisotopic (exact) mass is 1290 g/mol. The van der Waals surface area contributed by atoms with E-state index in [9.17, 15) is 19.5 Å². The molecule has 0 aliphatic rings. The van der Waals surface area contributed by atoms with E-state index in [0.717, 1.165) is 43.8 Å². The van der Waals surface area contributed by atoms with Gasteiger partial charge in [0.1, 0.15) is 28.7 Å². The van der Waals surface area contributed by atoms with Crippen LogP contribution in [0, 0.1) is 34.6 Å². The van der Waals surface area contributed by atoms with Crippen molar-refractivity contribution in [2.75, 3.05) is 20.0 Å². The summed E-state index contributed by atoms with van der Waals surface area (Å²) in [5, 5.41) is 31.5. The summed E-state index contributed by atoms with van der Waals surface area (Å²) in [6.07, 6.45) is 0. The number of Topliss-reactive ketones (excluding diaryl/α,β-unsaturated/α-hetero) is 1. The molecule has 3 aromatic heterocycles. The van der Waals surface area contributed by atoms with Crippen molar-refractivity contribution in [2.45, 2.75) is 100 Å². The zero-order valence-electron chi connectivity index (χ0n) is 49.4. The number of carbonyl (C=O) groups is 3. The summed E-state index contributed by atoms with van der Waals surface area (Å²) in [5.41, 5.74) is 10.7. The topological polar surface area (TPSA) is 214 Å². The second kappa shape index (κ2) is 30.7. The fourth-order valence-corrected chi connectivity index (χ4v) is 10.6. The van der Waals surface area contributed by atoms with E-state index in [4.69, 9.17) is 38.7 Å². The summed E-state index contributed by atoms with van der Waals surface area (Å²) in [6.45, 7) is 31.6. The molecule has 0 atom stereocenters. The highest BCUT2D eigenvalue weighted by Crippen LogP contribution is 2.29. The third kappa shape index (κ3) is 22.8. The minimum Gasteiger partial charge on any atom is -0.508 e. The SMILES string of the molecule is CC(=O)c1ccc(Oc2cc([Si](C)(C)C)ccc2C)o1.COC(=O)c1ccc(Br)o1.COC(=O)c1ccc(Oc2cc([Si](C)(C)C)ccc2C)o1.Cc1ccc(Br)cc1O.Cc1ccc(N)cc1O.Cc1ccc([Si](C)(C)C)cc1O. The van der Waals surface area contributed by atoms with Crippen molar-refractivity contribution in [3.63, 3.8) is 0 Å². The van der Waals surface area contributed by atoms with Crippen LogP contribution in [0.5, 0.6) is 40.6 Å². The highest BCUT2D eigenvalue weighted by atomic mass is 79.9. The van der Waals surface area contributed by atoms with E-state index < -0.39 is 36.2 Å². The molecule has 8 aromatic rings. The molecule has 0 bridgehead atoms. The van der Waals surface area contributed by atoms with Gasteiger partial charge in [-0.2, -0.15) is 0 Å². The van der Waals surface area contributed by atoms with Gasteiger partial charge in [-0.05, 0) is 139 Å². The first-order valence-corrected chi connectivity index (χ1v) is 37.7. The lowest BCUT2D eigenvalue weighted by Crippen LogP contribution is -2.37. The number of benzene rings is 5. The Labute approximate surface area is 496 Å². The number of methoxy groups -OCH3 is 2. The Morgan fingerprint density at radius 1 is 0.444 bits per heavy atom. The number of aryl methyl sites for hydroxylation is 5. The number of phenols is 3. The number of ketones is 1. The number of aromatic hydroxyl groups is 3. The molecule has 434 valence electrons. The molecular weight excluding hydrogens is 1210 g/mol. The molecule has 0 aliphatic heterocycles. The normalized spacial score (nSPS) is 10.8. The molecular formula is C62H77Br2NO13Si3. The highest BCUT2D eigenvalue weighted by Gasteiger charge is 2.21. The zero-order valence-corrected chi connectivity index (χ0v) is 55.6. The number of hydrogen-bond acceptors (Lipinski definition) is 14. The van der Waals surface area contributed by atoms with Crippen LogP contribution in [0.3, 0.4) is 0 Å². The van der Waals surface area contributed by atoms with Gasteiger partial charge in [0, 0.05) is 35.3 Å². The lowest BCUT2D eigenvalue weighted by molar-refractivity contribution is 0.0554. The number of furan rings is 3. The lowest BCUT2D eigenvalue weighted by Gasteiger charge is -2.18. The molecule has 0 fully saturated rings. The van der Waals surface area contributed by atoms with E-state index in [1.807, 2.05) is 65.0 Å². The van der Waals surface area contributed by atoms with Crippen molar-refractivity contribution in [3.8, 4) is 40.6 Å². The molecule has 19 heteroatoms. The molecule has 5 aromatic carbocycles. The molecule has 81 heavy (non-hydrogen) atoms. The van der Waals surface area contributed by atoms with Crippen molar-refractivity contribution < 1.29 is 61.9 Å². The summed E-state index contributed by atoms with van der Waals surface area (Å²) in [4.78, 5) is 33.3. The number of carbonyl (C=O) groups excluding carboxylic acids is 3. The van der Waals surface area contributed by atoms with E-state index in [-0.39, 0.29) is 29.0 Å². The quantitative estimate of drug-likeness (QED) is 0.0434. The molecule has 0 radical (unpaired) electrons. The van der Waals surface area contributed by atoms with E-state index in [2.05, 4.69) is 137 Å². The van der Waals surface area contributed by atoms with E-state index in [1.54, 1.807) is 48.5 Å². The second-order valence-electron chi connectivity index (χ2n) is 21.8. The number of anilines is 1. The Balaban J connectivity index is 0.000000265. The van der Waals surface area contributed by atoms with Gasteiger partial charge in [0.15, 0.2) is 16.2 Å². The molecule has 0 spiro atoms. The second-order valence-corrected chi connectivity index (χ2v) is 38.7. The smallest absolute Gasteiger partial charge is 0.374 e. The van der Waals surface area contributed by atoms with Crippen LogP contribution in [0.25, 0.3) is 0 Å². The van der Waals surface area contributed by atoms with Crippen LogP contribution in [-0.2, 0) is 9.47 Å². The Kier molecular flexibility index (Phi) is 25.8. The molecule has 3 heterocycles. The van der Waals surface area contributed by atoms with Crippen molar-refractivity contribution in [2.24, 2.45) is 0 Å². The van der Waals surface area contributed by atoms with Crippen LogP contribution >= 0.6 is 31.9 Å². The van der Waals surface area contributed by atoms with Crippen molar-refractivity contribution >= 4 is 95.1 Å². The van der Waals surface area contributed by atoms with Crippen LogP contribution in [0.15, 0.2) is 150 Å². The van der Waals surface area contributed by atoms with Crippen LogP contribution in [-0.4, -0.2) is 71.5 Å². The fourth-order valence-electron chi connectivity index (χ4n) is 6.53. The van der Waals surface area contributed by atoms with E-state index in [0.29, 0.717) is 33.6 Å². The first kappa shape index (κ1) is 68.2. The molecule has 0 amide bonds. The molecule has 0 unspecified atom stereocenters. The molecule has 0 saturated carbocycles. The average molecular weight is 1290 g/mol. The van der Waals surface area contributed by atoms with E-state index >= 15 is 0 Å². The van der Waals surface area contributed by atoms with Crippen molar-refractivity contribution in [1.82, 2.24) is 0 Å². The fraction of sp³-hybridized carbons (Fsp3) is 0.274. The van der Waals surface area contributed by atoms with Gasteiger partial charge in [0.05, 0.1) is 38.4 Å². The Bertz CT molecular complexity index is 3310. The summed E-state index contributed by atoms with van der Waals surface area (Å²) < 4.78 is 37.6. The zero-order chi connectivity index (χ0) is 61.2. The van der Waals surface area contributed by atoms with Crippen LogP contribution < -0.4 is 30.8 Å². The number of ether oxygens (including phenoxy) is 4. The summed E-state index contributed by atoms with van der Waals surface area (Å²) in [6, 6.07) is 38.7. The largest absolute Gasteiger partial charge is 0.508 e. The van der Waals surface area contributed by atoms with Gasteiger partial charge >= 0.3 is 11.9 Å². The number of hydrogen-bond donors (Lipinski definition) is 4. The highest BCUT2D eigenvalue weighted by molar-refractivity contribution is 9.10. The minimum atomic E-state index is -1.41. The van der Waals surface area contributed by atoms with Gasteiger partial charge in [0.25, 0.3) is 11.9 Å². The lowest BCUT2D eigenvalue weighted by atomic mass is 10.2. The van der Waals surface area contributed by atoms with Gasteiger partial charge in [-0.1, -0.05) is 139 Å². The third-order valence-corrected chi connectivity index (χ3v) is 18.9. The van der Waals surface area contributed by atoms with Gasteiger partial charge in [-0.3, -0.25) is 4.79 Å². The molecule has 0 aliphatic carbocycles. The maximum absolute atomic E-state index is 11.4. The van der Waals surface area contributed by atoms with Crippen LogP contribution in [0.1, 0.15) is 66.4 Å². The maximum Gasteiger partial charge on any atom is 0.374 e. The number of nitrogen functional groups attached to an aromatic ring is 1. The van der Waals surface area contributed by atoms with Gasteiger partial charge in [0.2, 0.25) is 11.5 Å². The maximum atomic E-state index is 11.4. The number of halogens is 2. The first-order chi connectivity index (χ1) is 37.6. The molecule has 5 N–H and O–H groups in total. The third-order valence-electron chi connectivity index (χ3n) is 11.9. The summed E-state index contributed by atoms with van der Waals surface area (Å²) in [7, 11) is -1.42. The number of phenolic OH excluding ortho intramolecular Hbond substituents is 3. The predicted octanol–water partition coefficient (Wildman–Crippen LogP) is 15.7. The standard InChI is InChI=1S/C16H20O4Si.C16H20O3Si.C10H16OSi.C7H7BrO.C7H9NO.C6H5BrO3/c1-11-6-7-12(21(3,4)5)10-14(11)20-15-9-8-13(19-15)16(17)18-2;1-11-6-7-13(20(3,4)5)10-15(11)19-16-9-8-14(18-16)12(2)17;1-8-5-6-9(7-10(8)11)12(2,3)4;2*1-5-2-3-6(8)4-7(5)9;1-9-6(8)4-2-3-5(7)10-4/h6-10H,1-5H3;6-10H,1-5H3;5-7,11H,1-4H3;2-4,9H,1H3;2-4,9H,8H2,1H3;2-3H,1H3. The van der Waals surface area contributed by atoms with Crippen LogP contribution in [0.4, 0.5) is 5.69 Å². The first-order valence-electron chi connectivity index (χ1n) is 25.6. The predicted molar refractivity (Wildman–Crippen MR) is 339 cm³/mol. The molecule has 8 rings (SSSR count). The van der Waals surface area contributed by atoms with Crippen molar-refractivity contribution in [1.29, 1.82) is 0 Å². The summed E-state index contributed by atoms with van der Waals surface area (Å²) >= 11 is 6.29. The Morgan fingerprint density at radius 2 is 0.802 bits per heavy atom.